The Bertz CT molecular complexity index is 579. The van der Waals surface area contributed by atoms with Crippen molar-refractivity contribution in [2.75, 3.05) is 50.7 Å². The van der Waals surface area contributed by atoms with Gasteiger partial charge in [-0.1, -0.05) is 24.3 Å². The Morgan fingerprint density at radius 1 is 1.12 bits per heavy atom. The number of hydrogen-bond donors (Lipinski definition) is 0. The van der Waals surface area contributed by atoms with E-state index in [9.17, 15) is 4.79 Å². The summed E-state index contributed by atoms with van der Waals surface area (Å²) >= 11 is 0. The summed E-state index contributed by atoms with van der Waals surface area (Å²) in [5, 5.41) is 0. The first kappa shape index (κ1) is 18.3. The van der Waals surface area contributed by atoms with Crippen molar-refractivity contribution in [3.05, 3.63) is 54.6 Å². The summed E-state index contributed by atoms with van der Waals surface area (Å²) in [5.74, 6) is 0.148. The average molecular weight is 327 g/mol. The van der Waals surface area contributed by atoms with Crippen molar-refractivity contribution in [3.8, 4) is 0 Å². The number of carbonyl (C=O) groups excluding carboxylic acids is 1. The minimum atomic E-state index is 0.148. The molecule has 0 radical (unpaired) electrons. The predicted octanol–water partition coefficient (Wildman–Crippen LogP) is 2.63. The van der Waals surface area contributed by atoms with Gasteiger partial charge >= 0.3 is 0 Å². The summed E-state index contributed by atoms with van der Waals surface area (Å²) in [6.45, 7) is 17.2. The highest BCUT2D eigenvalue weighted by molar-refractivity contribution is 5.78. The van der Waals surface area contributed by atoms with E-state index < -0.39 is 0 Å². The fourth-order valence-corrected chi connectivity index (χ4v) is 3.11. The van der Waals surface area contributed by atoms with Gasteiger partial charge in [0.1, 0.15) is 0 Å². The molecule has 1 aromatic carbocycles. The van der Waals surface area contributed by atoms with Crippen LogP contribution in [0.25, 0.3) is 0 Å². The number of hydrogen-bond acceptors (Lipinski definition) is 3. The van der Waals surface area contributed by atoms with Crippen LogP contribution in [0.3, 0.4) is 0 Å². The number of nitrogens with zero attached hydrogens (tertiary/aromatic N) is 3. The molecule has 0 unspecified atom stereocenters. The summed E-state index contributed by atoms with van der Waals surface area (Å²) in [6.07, 6.45) is 3.53. The Kier molecular flexibility index (Phi) is 6.62. The molecule has 0 saturated carbocycles. The van der Waals surface area contributed by atoms with Crippen molar-refractivity contribution in [2.24, 2.45) is 0 Å². The largest absolute Gasteiger partial charge is 0.369 e. The molecule has 1 aliphatic heterocycles. The predicted molar refractivity (Wildman–Crippen MR) is 102 cm³/mol. The lowest BCUT2D eigenvalue weighted by Gasteiger charge is -2.37. The lowest BCUT2D eigenvalue weighted by molar-refractivity contribution is -0.131. The van der Waals surface area contributed by atoms with E-state index >= 15 is 0 Å². The SMILES string of the molecule is C=CCN(CC=C)C(=O)CN1CCN(c2cccc(C)c2C)CC1. The van der Waals surface area contributed by atoms with Gasteiger partial charge in [0, 0.05) is 45.0 Å². The van der Waals surface area contributed by atoms with E-state index in [-0.39, 0.29) is 5.91 Å². The number of anilines is 1. The minimum Gasteiger partial charge on any atom is -0.369 e. The fraction of sp³-hybridized carbons (Fsp3) is 0.450. The molecule has 0 spiro atoms. The summed E-state index contributed by atoms with van der Waals surface area (Å²) in [5.41, 5.74) is 4.00. The molecule has 1 aromatic rings. The molecule has 1 aliphatic rings. The van der Waals surface area contributed by atoms with Gasteiger partial charge in [0.05, 0.1) is 6.54 Å². The molecule has 1 saturated heterocycles. The maximum Gasteiger partial charge on any atom is 0.237 e. The van der Waals surface area contributed by atoms with E-state index in [2.05, 4.69) is 55.0 Å². The van der Waals surface area contributed by atoms with Crippen LogP contribution in [-0.4, -0.2) is 61.5 Å². The molecule has 0 aromatic heterocycles. The molecule has 4 nitrogen and oxygen atoms in total. The molecule has 0 N–H and O–H groups in total. The van der Waals surface area contributed by atoms with Crippen LogP contribution in [-0.2, 0) is 4.79 Å². The molecule has 1 fully saturated rings. The van der Waals surface area contributed by atoms with Crippen molar-refractivity contribution in [1.29, 1.82) is 0 Å². The lowest BCUT2D eigenvalue weighted by atomic mass is 10.1. The number of aryl methyl sites for hydroxylation is 1. The van der Waals surface area contributed by atoms with Crippen molar-refractivity contribution < 1.29 is 4.79 Å². The number of amides is 1. The third-order valence-electron chi connectivity index (χ3n) is 4.70. The van der Waals surface area contributed by atoms with E-state index in [1.807, 2.05) is 0 Å². The smallest absolute Gasteiger partial charge is 0.237 e. The van der Waals surface area contributed by atoms with Gasteiger partial charge in [0.25, 0.3) is 0 Å². The third-order valence-corrected chi connectivity index (χ3v) is 4.70. The average Bonchev–Trinajstić information content (AvgIpc) is 2.58. The van der Waals surface area contributed by atoms with Gasteiger partial charge in [0.15, 0.2) is 0 Å². The van der Waals surface area contributed by atoms with Gasteiger partial charge < -0.3 is 9.80 Å². The second-order valence-corrected chi connectivity index (χ2v) is 6.36. The summed E-state index contributed by atoms with van der Waals surface area (Å²) in [4.78, 5) is 18.9. The Hall–Kier alpha value is -2.07. The minimum absolute atomic E-state index is 0.148. The quantitative estimate of drug-likeness (QED) is 0.720. The molecular formula is C20H29N3O. The number of piperazine rings is 1. The highest BCUT2D eigenvalue weighted by Crippen LogP contribution is 2.23. The molecule has 0 atom stereocenters. The van der Waals surface area contributed by atoms with Crippen LogP contribution in [0.2, 0.25) is 0 Å². The summed E-state index contributed by atoms with van der Waals surface area (Å²) in [7, 11) is 0. The molecule has 1 amide bonds. The van der Waals surface area contributed by atoms with E-state index in [1.165, 1.54) is 16.8 Å². The second-order valence-electron chi connectivity index (χ2n) is 6.36. The summed E-state index contributed by atoms with van der Waals surface area (Å²) < 4.78 is 0. The van der Waals surface area contributed by atoms with Crippen LogP contribution in [0.1, 0.15) is 11.1 Å². The molecule has 24 heavy (non-hydrogen) atoms. The molecule has 2 rings (SSSR count). The summed E-state index contributed by atoms with van der Waals surface area (Å²) in [6, 6.07) is 6.47. The zero-order valence-electron chi connectivity index (χ0n) is 15.0. The Morgan fingerprint density at radius 2 is 1.75 bits per heavy atom. The van der Waals surface area contributed by atoms with Crippen LogP contribution in [0, 0.1) is 13.8 Å². The normalized spacial score (nSPS) is 15.2. The fourth-order valence-electron chi connectivity index (χ4n) is 3.11. The van der Waals surface area contributed by atoms with Gasteiger partial charge in [-0.3, -0.25) is 9.69 Å². The third kappa shape index (κ3) is 4.48. The topological polar surface area (TPSA) is 26.8 Å². The Labute approximate surface area is 146 Å². The number of carbonyl (C=O) groups is 1. The molecular weight excluding hydrogens is 298 g/mol. The van der Waals surface area contributed by atoms with Crippen LogP contribution in [0.4, 0.5) is 5.69 Å². The Morgan fingerprint density at radius 3 is 2.33 bits per heavy atom. The van der Waals surface area contributed by atoms with Crippen molar-refractivity contribution >= 4 is 11.6 Å². The maximum atomic E-state index is 12.4. The van der Waals surface area contributed by atoms with E-state index in [4.69, 9.17) is 0 Å². The van der Waals surface area contributed by atoms with Crippen LogP contribution < -0.4 is 4.90 Å². The molecule has 0 bridgehead atoms. The van der Waals surface area contributed by atoms with Gasteiger partial charge in [-0.2, -0.15) is 0 Å². The van der Waals surface area contributed by atoms with Crippen LogP contribution in [0.15, 0.2) is 43.5 Å². The molecule has 1 heterocycles. The maximum absolute atomic E-state index is 12.4. The van der Waals surface area contributed by atoms with Crippen molar-refractivity contribution in [2.45, 2.75) is 13.8 Å². The zero-order valence-corrected chi connectivity index (χ0v) is 15.0. The molecule has 0 aliphatic carbocycles. The van der Waals surface area contributed by atoms with Crippen LogP contribution >= 0.6 is 0 Å². The first-order valence-corrected chi connectivity index (χ1v) is 8.60. The monoisotopic (exact) mass is 327 g/mol. The molecule has 130 valence electrons. The van der Waals surface area contributed by atoms with E-state index in [0.717, 1.165) is 26.2 Å². The van der Waals surface area contributed by atoms with E-state index in [0.29, 0.717) is 19.6 Å². The Balaban J connectivity index is 1.90. The first-order valence-electron chi connectivity index (χ1n) is 8.60. The van der Waals surface area contributed by atoms with Crippen molar-refractivity contribution in [1.82, 2.24) is 9.80 Å². The van der Waals surface area contributed by atoms with Gasteiger partial charge in [-0.05, 0) is 31.0 Å². The van der Waals surface area contributed by atoms with Crippen molar-refractivity contribution in [3.63, 3.8) is 0 Å². The first-order chi connectivity index (χ1) is 11.6. The van der Waals surface area contributed by atoms with E-state index in [1.54, 1.807) is 17.1 Å². The lowest BCUT2D eigenvalue weighted by Crippen LogP contribution is -2.50. The van der Waals surface area contributed by atoms with Gasteiger partial charge in [-0.15, -0.1) is 13.2 Å². The van der Waals surface area contributed by atoms with Crippen LogP contribution in [0.5, 0.6) is 0 Å². The number of rotatable bonds is 7. The standard InChI is InChI=1S/C20H29N3O/c1-5-10-23(11-6-2)20(24)16-21-12-14-22(15-13-21)19-9-7-8-17(3)18(19)4/h5-9H,1-2,10-16H2,3-4H3. The van der Waals surface area contributed by atoms with Gasteiger partial charge in [-0.25, -0.2) is 0 Å². The molecule has 4 heteroatoms. The zero-order chi connectivity index (χ0) is 17.5. The second kappa shape index (κ2) is 8.69. The van der Waals surface area contributed by atoms with Gasteiger partial charge in [0.2, 0.25) is 5.91 Å². The highest BCUT2D eigenvalue weighted by atomic mass is 16.2. The highest BCUT2D eigenvalue weighted by Gasteiger charge is 2.22. The number of benzene rings is 1.